The number of aryl methyl sites for hydroxylation is 1. The summed E-state index contributed by atoms with van der Waals surface area (Å²) in [5.41, 5.74) is 0.480. The van der Waals surface area contributed by atoms with Crippen molar-refractivity contribution in [2.75, 3.05) is 13.7 Å². The van der Waals surface area contributed by atoms with Crippen LogP contribution in [0.5, 0.6) is 0 Å². The zero-order valence-corrected chi connectivity index (χ0v) is 12.2. The third-order valence-electron chi connectivity index (χ3n) is 2.01. The van der Waals surface area contributed by atoms with Crippen molar-refractivity contribution in [1.82, 2.24) is 4.72 Å². The third kappa shape index (κ3) is 3.32. The lowest BCUT2D eigenvalue weighted by molar-refractivity contribution is 0.0602. The maximum Gasteiger partial charge on any atom is 0.349 e. The van der Waals surface area contributed by atoms with Crippen molar-refractivity contribution in [3.05, 3.63) is 27.4 Å². The Morgan fingerprint density at radius 2 is 2.22 bits per heavy atom. The molecule has 1 heterocycles. The lowest BCUT2D eigenvalue weighted by Crippen LogP contribution is -2.26. The molecule has 0 unspecified atom stereocenters. The Hall–Kier alpha value is -0.890. The Labute approximate surface area is 114 Å². The Morgan fingerprint density at radius 3 is 2.72 bits per heavy atom. The molecule has 18 heavy (non-hydrogen) atoms. The van der Waals surface area contributed by atoms with Gasteiger partial charge in [0.25, 0.3) is 0 Å². The highest BCUT2D eigenvalue weighted by atomic mass is 35.5. The van der Waals surface area contributed by atoms with Gasteiger partial charge < -0.3 is 4.74 Å². The number of ether oxygens (including phenoxy) is 1. The van der Waals surface area contributed by atoms with Gasteiger partial charge in [0.15, 0.2) is 0 Å². The molecule has 0 aliphatic rings. The van der Waals surface area contributed by atoms with Crippen LogP contribution in [0.4, 0.5) is 0 Å². The van der Waals surface area contributed by atoms with E-state index in [4.69, 9.17) is 11.6 Å². The predicted molar refractivity (Wildman–Crippen MR) is 70.6 cm³/mol. The van der Waals surface area contributed by atoms with Crippen LogP contribution < -0.4 is 4.72 Å². The van der Waals surface area contributed by atoms with Crippen LogP contribution in [0.1, 0.15) is 15.2 Å². The molecule has 1 N–H and O–H groups in total. The van der Waals surface area contributed by atoms with Crippen molar-refractivity contribution in [1.29, 1.82) is 0 Å². The lowest BCUT2D eigenvalue weighted by Gasteiger charge is -2.07. The van der Waals surface area contributed by atoms with Crippen LogP contribution in [-0.2, 0) is 14.8 Å². The number of hydrogen-bond acceptors (Lipinski definition) is 5. The first-order valence-electron chi connectivity index (χ1n) is 4.79. The number of carbonyl (C=O) groups excluding carboxylic acids is 1. The van der Waals surface area contributed by atoms with Gasteiger partial charge in [-0.2, -0.15) is 0 Å². The van der Waals surface area contributed by atoms with Crippen LogP contribution in [0.2, 0.25) is 0 Å². The van der Waals surface area contributed by atoms with E-state index in [0.29, 0.717) is 5.56 Å². The topological polar surface area (TPSA) is 72.5 Å². The summed E-state index contributed by atoms with van der Waals surface area (Å²) in [5, 5.41) is 1.74. The van der Waals surface area contributed by atoms with Crippen LogP contribution in [-0.4, -0.2) is 28.0 Å². The third-order valence-corrected chi connectivity index (χ3v) is 4.94. The molecule has 0 radical (unpaired) electrons. The van der Waals surface area contributed by atoms with E-state index in [0.717, 1.165) is 11.3 Å². The van der Waals surface area contributed by atoms with E-state index in [-0.39, 0.29) is 21.3 Å². The number of nitrogens with one attached hydrogen (secondary N) is 1. The normalized spacial score (nSPS) is 11.3. The summed E-state index contributed by atoms with van der Waals surface area (Å²) in [6.07, 6.45) is 0. The Balaban J connectivity index is 3.19. The molecule has 0 saturated carbocycles. The highest BCUT2D eigenvalue weighted by Crippen LogP contribution is 2.27. The number of esters is 1. The fourth-order valence-corrected chi connectivity index (χ4v) is 4.12. The summed E-state index contributed by atoms with van der Waals surface area (Å²) in [6, 6.07) is 0. The molecule has 8 heteroatoms. The molecule has 0 aromatic carbocycles. The van der Waals surface area contributed by atoms with Gasteiger partial charge in [-0.15, -0.1) is 11.3 Å². The molecule has 100 valence electrons. The molecule has 0 saturated heterocycles. The number of hydrogen-bond donors (Lipinski definition) is 1. The Bertz CT molecular complexity index is 577. The van der Waals surface area contributed by atoms with E-state index in [1.165, 1.54) is 7.11 Å². The van der Waals surface area contributed by atoms with E-state index in [9.17, 15) is 13.2 Å². The molecule has 0 aliphatic heterocycles. The van der Waals surface area contributed by atoms with Gasteiger partial charge in [-0.3, -0.25) is 0 Å². The van der Waals surface area contributed by atoms with Crippen LogP contribution in [0.3, 0.4) is 0 Å². The van der Waals surface area contributed by atoms with E-state index in [1.807, 2.05) is 0 Å². The van der Waals surface area contributed by atoms with Gasteiger partial charge in [-0.1, -0.05) is 18.2 Å². The van der Waals surface area contributed by atoms with Crippen LogP contribution in [0.25, 0.3) is 0 Å². The first-order valence-corrected chi connectivity index (χ1v) is 7.53. The first kappa shape index (κ1) is 15.2. The lowest BCUT2D eigenvalue weighted by atomic mass is 10.3. The number of sulfonamides is 1. The number of methoxy groups -OCH3 is 1. The molecular weight excluding hydrogens is 298 g/mol. The van der Waals surface area contributed by atoms with E-state index in [2.05, 4.69) is 16.0 Å². The molecule has 5 nitrogen and oxygen atoms in total. The second kappa shape index (κ2) is 5.83. The van der Waals surface area contributed by atoms with Crippen LogP contribution in [0.15, 0.2) is 21.9 Å². The monoisotopic (exact) mass is 309 g/mol. The maximum absolute atomic E-state index is 12.0. The zero-order valence-electron chi connectivity index (χ0n) is 9.82. The van der Waals surface area contributed by atoms with E-state index >= 15 is 0 Å². The van der Waals surface area contributed by atoms with Gasteiger partial charge in [0.05, 0.1) is 7.11 Å². The van der Waals surface area contributed by atoms with Gasteiger partial charge in [0.1, 0.15) is 9.77 Å². The summed E-state index contributed by atoms with van der Waals surface area (Å²) in [7, 11) is -2.62. The SMILES string of the molecule is C=C(Cl)CNS(=O)(=O)c1c(C)csc1C(=O)OC. The Morgan fingerprint density at radius 1 is 1.61 bits per heavy atom. The fourth-order valence-electron chi connectivity index (χ4n) is 1.25. The standard InChI is InChI=1S/C10H12ClNO4S2/c1-6-5-17-8(10(13)16-3)9(6)18(14,15)12-4-7(2)11/h5,12H,2,4H2,1,3H3. The second-order valence-electron chi connectivity index (χ2n) is 3.41. The molecule has 0 aliphatic carbocycles. The maximum atomic E-state index is 12.0. The largest absolute Gasteiger partial charge is 0.465 e. The number of carbonyl (C=O) groups is 1. The summed E-state index contributed by atoms with van der Waals surface area (Å²) < 4.78 is 30.9. The molecule has 0 atom stereocenters. The number of halogens is 1. The average molecular weight is 310 g/mol. The fraction of sp³-hybridized carbons (Fsp3) is 0.300. The van der Waals surface area contributed by atoms with Gasteiger partial charge >= 0.3 is 5.97 Å². The van der Waals surface area contributed by atoms with Crippen LogP contribution in [0, 0.1) is 6.92 Å². The smallest absolute Gasteiger partial charge is 0.349 e. The van der Waals surface area contributed by atoms with E-state index < -0.39 is 16.0 Å². The minimum atomic E-state index is -3.81. The highest BCUT2D eigenvalue weighted by Gasteiger charge is 2.27. The number of thiophene rings is 1. The summed E-state index contributed by atoms with van der Waals surface area (Å²) in [5.74, 6) is -0.682. The van der Waals surface area contributed by atoms with Crippen molar-refractivity contribution in [2.45, 2.75) is 11.8 Å². The van der Waals surface area contributed by atoms with Crippen molar-refractivity contribution in [3.63, 3.8) is 0 Å². The Kier molecular flexibility index (Phi) is 4.92. The van der Waals surface area contributed by atoms with Gasteiger partial charge in [0.2, 0.25) is 10.0 Å². The molecule has 0 spiro atoms. The minimum Gasteiger partial charge on any atom is -0.465 e. The quantitative estimate of drug-likeness (QED) is 0.843. The predicted octanol–water partition coefficient (Wildman–Crippen LogP) is 1.87. The molecule has 1 aromatic rings. The molecule has 1 rings (SSSR count). The molecule has 0 fully saturated rings. The summed E-state index contributed by atoms with van der Waals surface area (Å²) in [4.78, 5) is 11.5. The molecule has 1 aromatic heterocycles. The molecule has 0 bridgehead atoms. The van der Waals surface area contributed by atoms with Gasteiger partial charge in [-0.05, 0) is 17.9 Å². The van der Waals surface area contributed by atoms with Crippen molar-refractivity contribution in [2.24, 2.45) is 0 Å². The van der Waals surface area contributed by atoms with Gasteiger partial charge in [-0.25, -0.2) is 17.9 Å². The number of rotatable bonds is 5. The summed E-state index contributed by atoms with van der Waals surface area (Å²) in [6.45, 7) is 4.89. The first-order chi connectivity index (χ1) is 8.29. The van der Waals surface area contributed by atoms with Crippen molar-refractivity contribution < 1.29 is 17.9 Å². The van der Waals surface area contributed by atoms with E-state index in [1.54, 1.807) is 12.3 Å². The van der Waals surface area contributed by atoms with Crippen molar-refractivity contribution >= 4 is 38.9 Å². The molecular formula is C10H12ClNO4S2. The zero-order chi connectivity index (χ0) is 13.9. The van der Waals surface area contributed by atoms with Crippen molar-refractivity contribution in [3.8, 4) is 0 Å². The molecule has 0 amide bonds. The second-order valence-corrected chi connectivity index (χ2v) is 6.53. The minimum absolute atomic E-state index is 0.0442. The average Bonchev–Trinajstić information content (AvgIpc) is 2.68. The highest BCUT2D eigenvalue weighted by molar-refractivity contribution is 7.89. The van der Waals surface area contributed by atoms with Crippen LogP contribution >= 0.6 is 22.9 Å². The summed E-state index contributed by atoms with van der Waals surface area (Å²) >= 11 is 6.53. The van der Waals surface area contributed by atoms with Gasteiger partial charge in [0, 0.05) is 11.6 Å².